The van der Waals surface area contributed by atoms with Gasteiger partial charge in [0.25, 0.3) is 5.92 Å². The summed E-state index contributed by atoms with van der Waals surface area (Å²) >= 11 is 6.59. The fourth-order valence-electron chi connectivity index (χ4n) is 1.36. The van der Waals surface area contributed by atoms with Crippen LogP contribution in [-0.4, -0.2) is 16.1 Å². The monoisotopic (exact) mass is 224 g/mol. The van der Waals surface area contributed by atoms with Crippen molar-refractivity contribution in [3.63, 3.8) is 0 Å². The van der Waals surface area contributed by atoms with E-state index in [9.17, 15) is 8.78 Å². The van der Waals surface area contributed by atoms with E-state index in [1.165, 1.54) is 0 Å². The molecule has 1 aliphatic carbocycles. The van der Waals surface area contributed by atoms with Crippen LogP contribution in [0.15, 0.2) is 0 Å². The molecule has 1 aromatic rings. The van der Waals surface area contributed by atoms with Gasteiger partial charge >= 0.3 is 0 Å². The molecule has 13 heavy (non-hydrogen) atoms. The standard InChI is InChI=1S/C7H7ClF2N2S/c1-6(9,10)7(2-3-7)4-11-12-5(8)13-4/h2-3H2,1H3. The van der Waals surface area contributed by atoms with Gasteiger partial charge in [0.15, 0.2) is 0 Å². The van der Waals surface area contributed by atoms with E-state index in [-0.39, 0.29) is 4.47 Å². The lowest BCUT2D eigenvalue weighted by Crippen LogP contribution is -2.29. The first-order valence-electron chi connectivity index (χ1n) is 3.83. The van der Waals surface area contributed by atoms with Crippen molar-refractivity contribution in [2.24, 2.45) is 0 Å². The van der Waals surface area contributed by atoms with E-state index >= 15 is 0 Å². The summed E-state index contributed by atoms with van der Waals surface area (Å²) in [6, 6.07) is 0. The number of hydrogen-bond acceptors (Lipinski definition) is 3. The minimum absolute atomic E-state index is 0.227. The Hall–Kier alpha value is -0.290. The molecule has 2 rings (SSSR count). The second kappa shape index (κ2) is 2.60. The average Bonchev–Trinajstić information content (AvgIpc) is 2.70. The Morgan fingerprint density at radius 2 is 2.08 bits per heavy atom. The summed E-state index contributed by atoms with van der Waals surface area (Å²) in [6.07, 6.45) is 0.948. The molecule has 1 heterocycles. The molecule has 1 saturated carbocycles. The number of aromatic nitrogens is 2. The Kier molecular flexibility index (Phi) is 1.86. The number of alkyl halides is 2. The molecule has 0 atom stereocenters. The third kappa shape index (κ3) is 1.34. The summed E-state index contributed by atoms with van der Waals surface area (Å²) in [5.74, 6) is -2.73. The summed E-state index contributed by atoms with van der Waals surface area (Å²) in [5, 5.41) is 7.58. The number of rotatable bonds is 2. The van der Waals surface area contributed by atoms with Crippen molar-refractivity contribution >= 4 is 22.9 Å². The largest absolute Gasteiger partial charge is 0.257 e. The lowest BCUT2D eigenvalue weighted by atomic mass is 10.0. The highest BCUT2D eigenvalue weighted by Crippen LogP contribution is 2.58. The molecule has 1 aliphatic rings. The highest BCUT2D eigenvalue weighted by Gasteiger charge is 2.62. The van der Waals surface area contributed by atoms with Crippen molar-refractivity contribution in [2.45, 2.75) is 31.1 Å². The predicted molar refractivity (Wildman–Crippen MR) is 46.5 cm³/mol. The lowest BCUT2D eigenvalue weighted by molar-refractivity contribution is -0.0202. The molecule has 0 aromatic carbocycles. The third-order valence-corrected chi connectivity index (χ3v) is 3.62. The minimum atomic E-state index is -2.73. The van der Waals surface area contributed by atoms with Gasteiger partial charge in [-0.2, -0.15) is 0 Å². The van der Waals surface area contributed by atoms with Gasteiger partial charge in [-0.3, -0.25) is 0 Å². The highest BCUT2D eigenvalue weighted by molar-refractivity contribution is 7.15. The fraction of sp³-hybridized carbons (Fsp3) is 0.714. The Morgan fingerprint density at radius 3 is 2.38 bits per heavy atom. The first-order valence-corrected chi connectivity index (χ1v) is 5.02. The van der Waals surface area contributed by atoms with Gasteiger partial charge in [0.2, 0.25) is 4.47 Å². The van der Waals surface area contributed by atoms with Crippen LogP contribution in [0.2, 0.25) is 4.47 Å². The molecule has 0 bridgehead atoms. The molecule has 0 saturated heterocycles. The third-order valence-electron chi connectivity index (χ3n) is 2.40. The summed E-state index contributed by atoms with van der Waals surface area (Å²) in [6.45, 7) is 0.926. The van der Waals surface area contributed by atoms with Crippen LogP contribution in [0.3, 0.4) is 0 Å². The molecule has 0 N–H and O–H groups in total. The van der Waals surface area contributed by atoms with Gasteiger partial charge in [-0.1, -0.05) is 11.3 Å². The van der Waals surface area contributed by atoms with E-state index in [1.54, 1.807) is 0 Å². The second-order valence-corrected chi connectivity index (χ2v) is 4.89. The summed E-state index contributed by atoms with van der Waals surface area (Å²) in [7, 11) is 0. The number of hydrogen-bond donors (Lipinski definition) is 0. The molecule has 0 amide bonds. The van der Waals surface area contributed by atoms with E-state index in [2.05, 4.69) is 10.2 Å². The molecular weight excluding hydrogens is 218 g/mol. The quantitative estimate of drug-likeness (QED) is 0.772. The average molecular weight is 225 g/mol. The van der Waals surface area contributed by atoms with Crippen LogP contribution in [0, 0.1) is 0 Å². The Bertz CT molecular complexity index is 329. The zero-order valence-electron chi connectivity index (χ0n) is 6.85. The smallest absolute Gasteiger partial charge is 0.206 e. The van der Waals surface area contributed by atoms with Gasteiger partial charge in [0.1, 0.15) is 5.01 Å². The van der Waals surface area contributed by atoms with Crippen LogP contribution in [0.25, 0.3) is 0 Å². The SMILES string of the molecule is CC(F)(F)C1(c2nnc(Cl)s2)CC1. The first kappa shape index (κ1) is 9.27. The van der Waals surface area contributed by atoms with E-state index < -0.39 is 11.3 Å². The van der Waals surface area contributed by atoms with Gasteiger partial charge in [0, 0.05) is 6.92 Å². The molecule has 0 spiro atoms. The number of nitrogens with zero attached hydrogens (tertiary/aromatic N) is 2. The van der Waals surface area contributed by atoms with Crippen molar-refractivity contribution < 1.29 is 8.78 Å². The van der Waals surface area contributed by atoms with Crippen LogP contribution in [-0.2, 0) is 5.41 Å². The fourth-order valence-corrected chi connectivity index (χ4v) is 2.52. The van der Waals surface area contributed by atoms with Crippen molar-refractivity contribution in [3.05, 3.63) is 9.47 Å². The van der Waals surface area contributed by atoms with Crippen molar-refractivity contribution in [2.75, 3.05) is 0 Å². The molecule has 1 aromatic heterocycles. The molecular formula is C7H7ClF2N2S. The van der Waals surface area contributed by atoms with Crippen molar-refractivity contribution in [1.82, 2.24) is 10.2 Å². The summed E-state index contributed by atoms with van der Waals surface area (Å²) in [4.78, 5) is 0. The highest BCUT2D eigenvalue weighted by atomic mass is 35.5. The van der Waals surface area contributed by atoms with Gasteiger partial charge < -0.3 is 0 Å². The molecule has 72 valence electrons. The van der Waals surface area contributed by atoms with Gasteiger partial charge in [-0.15, -0.1) is 10.2 Å². The maximum Gasteiger partial charge on any atom is 0.257 e. The summed E-state index contributed by atoms with van der Waals surface area (Å²) in [5.41, 5.74) is -1.07. The second-order valence-electron chi connectivity index (χ2n) is 3.33. The topological polar surface area (TPSA) is 25.8 Å². The van der Waals surface area contributed by atoms with Crippen LogP contribution < -0.4 is 0 Å². The Morgan fingerprint density at radius 1 is 1.46 bits per heavy atom. The van der Waals surface area contributed by atoms with Crippen molar-refractivity contribution in [3.8, 4) is 0 Å². The minimum Gasteiger partial charge on any atom is -0.206 e. The van der Waals surface area contributed by atoms with Gasteiger partial charge in [-0.25, -0.2) is 8.78 Å². The normalized spacial score (nSPS) is 20.3. The maximum atomic E-state index is 13.2. The molecule has 0 radical (unpaired) electrons. The van der Waals surface area contributed by atoms with Gasteiger partial charge in [-0.05, 0) is 24.4 Å². The van der Waals surface area contributed by atoms with Crippen LogP contribution in [0.1, 0.15) is 24.8 Å². The van der Waals surface area contributed by atoms with Crippen LogP contribution in [0.5, 0.6) is 0 Å². The molecule has 2 nitrogen and oxygen atoms in total. The number of halogens is 3. The van der Waals surface area contributed by atoms with E-state index in [4.69, 9.17) is 11.6 Å². The van der Waals surface area contributed by atoms with E-state index in [0.717, 1.165) is 18.3 Å². The lowest BCUT2D eigenvalue weighted by Gasteiger charge is -2.19. The predicted octanol–water partition coefficient (Wildman–Crippen LogP) is 2.88. The first-order chi connectivity index (χ1) is 5.96. The summed E-state index contributed by atoms with van der Waals surface area (Å²) < 4.78 is 26.5. The molecule has 6 heteroatoms. The maximum absolute atomic E-state index is 13.2. The molecule has 0 aliphatic heterocycles. The molecule has 1 fully saturated rings. The van der Waals surface area contributed by atoms with Crippen LogP contribution >= 0.6 is 22.9 Å². The van der Waals surface area contributed by atoms with E-state index in [0.29, 0.717) is 17.8 Å². The van der Waals surface area contributed by atoms with Crippen molar-refractivity contribution in [1.29, 1.82) is 0 Å². The molecule has 0 unspecified atom stereocenters. The van der Waals surface area contributed by atoms with Gasteiger partial charge in [0.05, 0.1) is 5.41 Å². The Balaban J connectivity index is 2.36. The van der Waals surface area contributed by atoms with E-state index in [1.807, 2.05) is 0 Å². The Labute approximate surface area is 82.9 Å². The zero-order valence-corrected chi connectivity index (χ0v) is 8.42. The van der Waals surface area contributed by atoms with Crippen LogP contribution in [0.4, 0.5) is 8.78 Å². The zero-order chi connectivity index (χ0) is 9.69.